The van der Waals surface area contributed by atoms with E-state index in [1.54, 1.807) is 6.07 Å². The minimum atomic E-state index is -3.30. The van der Waals surface area contributed by atoms with Crippen molar-refractivity contribution in [3.05, 3.63) is 41.4 Å². The van der Waals surface area contributed by atoms with Gasteiger partial charge in [0.25, 0.3) is 6.43 Å². The van der Waals surface area contributed by atoms with E-state index in [1.807, 2.05) is 0 Å². The van der Waals surface area contributed by atoms with Crippen molar-refractivity contribution in [1.82, 2.24) is 20.6 Å². The lowest BCUT2D eigenvalue weighted by Gasteiger charge is -2.08. The highest BCUT2D eigenvalue weighted by atomic mass is 19.3. The number of nitrogens with one attached hydrogen (secondary N) is 2. The van der Waals surface area contributed by atoms with E-state index in [0.29, 0.717) is 6.07 Å². The Morgan fingerprint density at radius 3 is 2.71 bits per heavy atom. The van der Waals surface area contributed by atoms with Gasteiger partial charge in [-0.05, 0) is 17.3 Å². The Morgan fingerprint density at radius 2 is 2.14 bits per heavy atom. The number of nitrogens with zero attached hydrogens (tertiary/aromatic N) is 4. The van der Waals surface area contributed by atoms with Crippen LogP contribution < -0.4 is 5.32 Å². The molecule has 0 aliphatic carbocycles. The summed E-state index contributed by atoms with van der Waals surface area (Å²) >= 11 is 0. The van der Waals surface area contributed by atoms with E-state index in [4.69, 9.17) is 5.26 Å². The van der Waals surface area contributed by atoms with Crippen LogP contribution in [0.25, 0.3) is 5.57 Å². The topological polar surface area (TPSA) is 90.3 Å². The summed E-state index contributed by atoms with van der Waals surface area (Å²) in [7, 11) is 0. The fourth-order valence-corrected chi connectivity index (χ4v) is 1.45. The van der Waals surface area contributed by atoms with Gasteiger partial charge in [0.15, 0.2) is 5.82 Å². The summed E-state index contributed by atoms with van der Waals surface area (Å²) in [5.41, 5.74) is -1.87. The molecule has 0 bridgehead atoms. The van der Waals surface area contributed by atoms with Crippen LogP contribution in [-0.2, 0) is 0 Å². The number of tetrazole rings is 1. The zero-order valence-corrected chi connectivity index (χ0v) is 10.1. The molecule has 0 aliphatic rings. The molecule has 2 aromatic rings. The van der Waals surface area contributed by atoms with Crippen molar-refractivity contribution in [2.24, 2.45) is 0 Å². The van der Waals surface area contributed by atoms with Crippen LogP contribution >= 0.6 is 0 Å². The van der Waals surface area contributed by atoms with Crippen molar-refractivity contribution in [2.45, 2.75) is 6.43 Å². The molecule has 0 aliphatic heterocycles. The van der Waals surface area contributed by atoms with Gasteiger partial charge in [-0.15, -0.1) is 10.2 Å². The summed E-state index contributed by atoms with van der Waals surface area (Å²) in [4.78, 5) is 0. The Morgan fingerprint density at radius 1 is 1.38 bits per heavy atom. The Hall–Kier alpha value is -2.96. The molecule has 0 fully saturated rings. The molecule has 0 amide bonds. The van der Waals surface area contributed by atoms with Crippen molar-refractivity contribution >= 4 is 11.3 Å². The maximum Gasteiger partial charge on any atom is 0.269 e. The molecule has 0 saturated carbocycles. The van der Waals surface area contributed by atoms with E-state index < -0.39 is 29.3 Å². The third-order valence-corrected chi connectivity index (χ3v) is 2.42. The van der Waals surface area contributed by atoms with Gasteiger partial charge in [0.1, 0.15) is 17.5 Å². The first-order valence-corrected chi connectivity index (χ1v) is 5.41. The van der Waals surface area contributed by atoms with Crippen LogP contribution in [0.1, 0.15) is 17.8 Å². The molecule has 0 unspecified atom stereocenters. The maximum absolute atomic E-state index is 13.7. The molecule has 1 aromatic carbocycles. The molecular formula is C11H6F4N6. The van der Waals surface area contributed by atoms with Crippen LogP contribution in [0.4, 0.5) is 23.2 Å². The van der Waals surface area contributed by atoms with Crippen LogP contribution in [0.5, 0.6) is 0 Å². The normalized spacial score (nSPS) is 11.5. The third kappa shape index (κ3) is 2.97. The second-order valence-corrected chi connectivity index (χ2v) is 3.67. The third-order valence-electron chi connectivity index (χ3n) is 2.42. The van der Waals surface area contributed by atoms with Crippen LogP contribution in [-0.4, -0.2) is 20.6 Å². The lowest BCUT2D eigenvalue weighted by molar-refractivity contribution is 0.141. The first-order valence-electron chi connectivity index (χ1n) is 5.41. The second-order valence-electron chi connectivity index (χ2n) is 3.67. The van der Waals surface area contributed by atoms with Gasteiger partial charge in [0, 0.05) is 6.20 Å². The fraction of sp³-hybridized carbons (Fsp3) is 0.0909. The molecule has 1 heterocycles. The number of hydrogen-bond acceptors (Lipinski definition) is 5. The van der Waals surface area contributed by atoms with Crippen LogP contribution in [0, 0.1) is 23.0 Å². The van der Waals surface area contributed by atoms with Crippen molar-refractivity contribution in [2.75, 3.05) is 5.32 Å². The molecule has 2 N–H and O–H groups in total. The number of nitriles is 1. The zero-order valence-electron chi connectivity index (χ0n) is 10.1. The van der Waals surface area contributed by atoms with Gasteiger partial charge in [-0.25, -0.2) is 17.6 Å². The fourth-order valence-electron chi connectivity index (χ4n) is 1.45. The Labute approximate surface area is 115 Å². The minimum Gasteiger partial charge on any atom is -0.358 e. The predicted octanol–water partition coefficient (Wildman–Crippen LogP) is 2.39. The average Bonchev–Trinajstić information content (AvgIpc) is 2.95. The van der Waals surface area contributed by atoms with E-state index in [1.165, 1.54) is 0 Å². The highest BCUT2D eigenvalue weighted by molar-refractivity contribution is 5.74. The molecule has 0 saturated heterocycles. The average molecular weight is 298 g/mol. The number of alkyl halides is 2. The molecule has 1 aromatic heterocycles. The maximum atomic E-state index is 13.7. The highest BCUT2D eigenvalue weighted by Crippen LogP contribution is 2.29. The van der Waals surface area contributed by atoms with E-state index in [9.17, 15) is 17.6 Å². The van der Waals surface area contributed by atoms with E-state index >= 15 is 0 Å². The lowest BCUT2D eigenvalue weighted by Crippen LogP contribution is -2.02. The molecule has 0 spiro atoms. The summed E-state index contributed by atoms with van der Waals surface area (Å²) in [6, 6.07) is 3.34. The molecule has 21 heavy (non-hydrogen) atoms. The van der Waals surface area contributed by atoms with Crippen LogP contribution in [0.2, 0.25) is 0 Å². The van der Waals surface area contributed by atoms with Crippen LogP contribution in [0.3, 0.4) is 0 Å². The zero-order chi connectivity index (χ0) is 15.4. The van der Waals surface area contributed by atoms with E-state index in [2.05, 4.69) is 25.9 Å². The standard InChI is InChI=1S/C11H6F4N6/c12-6-1-2-7(9(13)8(6)10(14)15)17-4-5(3-16)11-18-20-21-19-11/h1-2,4,10,17H,(H,18,19,20,21). The number of halogens is 4. The second kappa shape index (κ2) is 6.00. The summed E-state index contributed by atoms with van der Waals surface area (Å²) in [5, 5.41) is 23.6. The van der Waals surface area contributed by atoms with Gasteiger partial charge in [-0.1, -0.05) is 0 Å². The van der Waals surface area contributed by atoms with Gasteiger partial charge in [-0.3, -0.25) is 0 Å². The molecular weight excluding hydrogens is 292 g/mol. The Bertz CT molecular complexity index is 704. The van der Waals surface area contributed by atoms with Crippen molar-refractivity contribution in [3.8, 4) is 6.07 Å². The Kier molecular flexibility index (Phi) is 4.13. The van der Waals surface area contributed by atoms with Gasteiger partial charge < -0.3 is 5.32 Å². The van der Waals surface area contributed by atoms with Crippen molar-refractivity contribution in [3.63, 3.8) is 0 Å². The lowest BCUT2D eigenvalue weighted by atomic mass is 10.1. The van der Waals surface area contributed by atoms with Crippen molar-refractivity contribution in [1.29, 1.82) is 5.26 Å². The molecule has 10 heteroatoms. The molecule has 6 nitrogen and oxygen atoms in total. The minimum absolute atomic E-state index is 0.0680. The molecule has 0 radical (unpaired) electrons. The molecule has 108 valence electrons. The monoisotopic (exact) mass is 298 g/mol. The molecule has 0 atom stereocenters. The quantitative estimate of drug-likeness (QED) is 0.668. The van der Waals surface area contributed by atoms with Crippen molar-refractivity contribution < 1.29 is 17.6 Å². The number of rotatable bonds is 4. The first kappa shape index (κ1) is 14.4. The number of anilines is 1. The van der Waals surface area contributed by atoms with E-state index in [-0.39, 0.29) is 11.4 Å². The van der Waals surface area contributed by atoms with E-state index in [0.717, 1.165) is 12.3 Å². The number of allylic oxidation sites excluding steroid dienone is 1. The summed E-state index contributed by atoms with van der Waals surface area (Å²) in [5.74, 6) is -2.86. The van der Waals surface area contributed by atoms with Gasteiger partial charge in [-0.2, -0.15) is 10.5 Å². The number of benzene rings is 1. The van der Waals surface area contributed by atoms with Gasteiger partial charge >= 0.3 is 0 Å². The number of hydrogen-bond donors (Lipinski definition) is 2. The summed E-state index contributed by atoms with van der Waals surface area (Å²) < 4.78 is 52.0. The first-order chi connectivity index (χ1) is 10.0. The Balaban J connectivity index is 2.33. The predicted molar refractivity (Wildman–Crippen MR) is 62.7 cm³/mol. The SMILES string of the molecule is N#CC(=CNc1ccc(F)c(C(F)F)c1F)c1nn[nH]n1. The van der Waals surface area contributed by atoms with Gasteiger partial charge in [0.05, 0.1) is 11.3 Å². The highest BCUT2D eigenvalue weighted by Gasteiger charge is 2.21. The van der Waals surface area contributed by atoms with Gasteiger partial charge in [0.2, 0.25) is 5.82 Å². The smallest absolute Gasteiger partial charge is 0.269 e. The molecule has 2 rings (SSSR count). The van der Waals surface area contributed by atoms with Crippen LogP contribution in [0.15, 0.2) is 18.3 Å². The summed E-state index contributed by atoms with van der Waals surface area (Å²) in [6.45, 7) is 0. The number of aromatic amines is 1. The largest absolute Gasteiger partial charge is 0.358 e. The number of H-pyrrole nitrogens is 1. The summed E-state index contributed by atoms with van der Waals surface area (Å²) in [6.07, 6.45) is -2.31. The number of aromatic nitrogens is 4.